The number of hydrogen-bond donors (Lipinski definition) is 1. The number of aryl methyl sites for hydroxylation is 2. The molecule has 1 unspecified atom stereocenters. The number of aromatic nitrogens is 2. The van der Waals surface area contributed by atoms with Crippen LogP contribution in [0, 0.1) is 12.7 Å². The van der Waals surface area contributed by atoms with Gasteiger partial charge in [0.15, 0.2) is 0 Å². The maximum absolute atomic E-state index is 13.3. The van der Waals surface area contributed by atoms with Crippen LogP contribution in [0.2, 0.25) is 5.15 Å². The van der Waals surface area contributed by atoms with Gasteiger partial charge in [-0.15, -0.1) is 0 Å². The molecule has 0 radical (unpaired) electrons. The Balaban J connectivity index is 2.33. The maximum atomic E-state index is 13.3. The molecular formula is C13H12ClFN2O3S. The summed E-state index contributed by atoms with van der Waals surface area (Å²) in [5.74, 6) is -2.18. The van der Waals surface area contributed by atoms with E-state index >= 15 is 0 Å². The first-order valence-corrected chi connectivity index (χ1v) is 7.60. The number of carboxylic acids is 1. The minimum Gasteiger partial charge on any atom is -0.478 e. The Hall–Kier alpha value is -1.73. The highest BCUT2D eigenvalue weighted by Gasteiger charge is 2.18. The Morgan fingerprint density at radius 2 is 2.19 bits per heavy atom. The molecule has 2 rings (SSSR count). The van der Waals surface area contributed by atoms with E-state index in [9.17, 15) is 13.4 Å². The molecule has 0 saturated carbocycles. The summed E-state index contributed by atoms with van der Waals surface area (Å²) < 4.78 is 27.1. The van der Waals surface area contributed by atoms with E-state index in [1.165, 1.54) is 10.7 Å². The maximum Gasteiger partial charge on any atom is 0.338 e. The van der Waals surface area contributed by atoms with Crippen LogP contribution in [0.25, 0.3) is 0 Å². The highest BCUT2D eigenvalue weighted by atomic mass is 35.5. The molecule has 0 amide bonds. The number of nitrogens with zero attached hydrogens (tertiary/aromatic N) is 2. The van der Waals surface area contributed by atoms with Crippen LogP contribution in [-0.4, -0.2) is 25.1 Å². The minimum absolute atomic E-state index is 0.0865. The van der Waals surface area contributed by atoms with E-state index in [4.69, 9.17) is 16.7 Å². The van der Waals surface area contributed by atoms with Crippen molar-refractivity contribution in [2.45, 2.75) is 17.6 Å². The van der Waals surface area contributed by atoms with E-state index in [2.05, 4.69) is 5.10 Å². The summed E-state index contributed by atoms with van der Waals surface area (Å²) in [6.07, 6.45) is 0. The first kappa shape index (κ1) is 15.7. The average Bonchev–Trinajstić information content (AvgIpc) is 2.65. The average molecular weight is 331 g/mol. The van der Waals surface area contributed by atoms with Crippen molar-refractivity contribution in [2.75, 3.05) is 0 Å². The second-order valence-electron chi connectivity index (χ2n) is 4.42. The van der Waals surface area contributed by atoms with Gasteiger partial charge >= 0.3 is 5.97 Å². The highest BCUT2D eigenvalue weighted by molar-refractivity contribution is 7.84. The van der Waals surface area contributed by atoms with Gasteiger partial charge in [-0.2, -0.15) is 5.10 Å². The second-order valence-corrected chi connectivity index (χ2v) is 6.22. The van der Waals surface area contributed by atoms with E-state index < -0.39 is 28.1 Å². The Morgan fingerprint density at radius 1 is 1.52 bits per heavy atom. The van der Waals surface area contributed by atoms with Crippen molar-refractivity contribution in [3.05, 3.63) is 46.0 Å². The van der Waals surface area contributed by atoms with Crippen LogP contribution < -0.4 is 0 Å². The topological polar surface area (TPSA) is 72.2 Å². The van der Waals surface area contributed by atoms with E-state index in [0.29, 0.717) is 16.4 Å². The summed E-state index contributed by atoms with van der Waals surface area (Å²) in [6.45, 7) is 1.74. The third-order valence-electron chi connectivity index (χ3n) is 2.98. The SMILES string of the molecule is Cc1nn(C)c(Cl)c1CS(=O)c1ccc(F)c(C(=O)O)c1. The zero-order valence-corrected chi connectivity index (χ0v) is 12.8. The van der Waals surface area contributed by atoms with Crippen LogP contribution in [0.1, 0.15) is 21.6 Å². The number of carboxylic acid groups (broad SMARTS) is 1. The summed E-state index contributed by atoms with van der Waals surface area (Å²) in [5, 5.41) is 13.4. The van der Waals surface area contributed by atoms with Gasteiger partial charge in [-0.3, -0.25) is 8.89 Å². The van der Waals surface area contributed by atoms with Gasteiger partial charge in [0.05, 0.1) is 27.8 Å². The zero-order valence-electron chi connectivity index (χ0n) is 11.3. The molecule has 21 heavy (non-hydrogen) atoms. The second kappa shape index (κ2) is 5.95. The first-order valence-electron chi connectivity index (χ1n) is 5.90. The van der Waals surface area contributed by atoms with Gasteiger partial charge in [-0.25, -0.2) is 9.18 Å². The lowest BCUT2D eigenvalue weighted by Gasteiger charge is -2.05. The summed E-state index contributed by atoms with van der Waals surface area (Å²) in [5.41, 5.74) is 0.768. The number of halogens is 2. The molecule has 112 valence electrons. The number of carbonyl (C=O) groups is 1. The van der Waals surface area contributed by atoms with Crippen molar-refractivity contribution < 1.29 is 18.5 Å². The lowest BCUT2D eigenvalue weighted by Crippen LogP contribution is -2.04. The smallest absolute Gasteiger partial charge is 0.338 e. The van der Waals surface area contributed by atoms with Crippen molar-refractivity contribution >= 4 is 28.4 Å². The molecule has 1 aromatic carbocycles. The van der Waals surface area contributed by atoms with Gasteiger partial charge in [-0.05, 0) is 25.1 Å². The van der Waals surface area contributed by atoms with E-state index in [-0.39, 0.29) is 10.6 Å². The molecule has 2 aromatic rings. The number of rotatable bonds is 4. The lowest BCUT2D eigenvalue weighted by atomic mass is 10.2. The van der Waals surface area contributed by atoms with Crippen molar-refractivity contribution in [1.29, 1.82) is 0 Å². The number of aromatic carboxylic acids is 1. The summed E-state index contributed by atoms with van der Waals surface area (Å²) in [6, 6.07) is 3.37. The molecule has 0 aliphatic rings. The molecule has 1 aromatic heterocycles. The predicted octanol–water partition coefficient (Wildman–Crippen LogP) is 2.53. The number of benzene rings is 1. The Morgan fingerprint density at radius 3 is 2.71 bits per heavy atom. The number of hydrogen-bond acceptors (Lipinski definition) is 3. The van der Waals surface area contributed by atoms with Crippen molar-refractivity contribution in [2.24, 2.45) is 7.05 Å². The zero-order chi connectivity index (χ0) is 15.7. The van der Waals surface area contributed by atoms with Crippen LogP contribution >= 0.6 is 11.6 Å². The van der Waals surface area contributed by atoms with Crippen LogP contribution in [0.3, 0.4) is 0 Å². The van der Waals surface area contributed by atoms with Crippen LogP contribution in [0.15, 0.2) is 23.1 Å². The summed E-state index contributed by atoms with van der Waals surface area (Å²) >= 11 is 6.06. The predicted molar refractivity (Wildman–Crippen MR) is 76.4 cm³/mol. The fourth-order valence-corrected chi connectivity index (χ4v) is 3.43. The summed E-state index contributed by atoms with van der Waals surface area (Å²) in [4.78, 5) is 11.1. The Bertz CT molecular complexity index is 745. The fraction of sp³-hybridized carbons (Fsp3) is 0.231. The van der Waals surface area contributed by atoms with Gasteiger partial charge in [0, 0.05) is 17.5 Å². The van der Waals surface area contributed by atoms with Crippen LogP contribution in [0.4, 0.5) is 4.39 Å². The minimum atomic E-state index is -1.54. The molecule has 5 nitrogen and oxygen atoms in total. The van der Waals surface area contributed by atoms with E-state index in [0.717, 1.165) is 12.1 Å². The first-order chi connectivity index (χ1) is 9.81. The third kappa shape index (κ3) is 3.14. The lowest BCUT2D eigenvalue weighted by molar-refractivity contribution is 0.0691. The van der Waals surface area contributed by atoms with Gasteiger partial charge < -0.3 is 5.11 Å². The molecule has 0 saturated heterocycles. The van der Waals surface area contributed by atoms with Gasteiger partial charge in [-0.1, -0.05) is 11.6 Å². The van der Waals surface area contributed by atoms with Gasteiger partial charge in [0.1, 0.15) is 11.0 Å². The Kier molecular flexibility index (Phi) is 4.43. The molecule has 0 spiro atoms. The molecule has 0 bridgehead atoms. The molecule has 1 atom stereocenters. The molecule has 1 N–H and O–H groups in total. The van der Waals surface area contributed by atoms with Crippen LogP contribution in [-0.2, 0) is 23.6 Å². The molecule has 0 fully saturated rings. The van der Waals surface area contributed by atoms with Crippen molar-refractivity contribution in [3.63, 3.8) is 0 Å². The fourth-order valence-electron chi connectivity index (χ4n) is 1.86. The summed E-state index contributed by atoms with van der Waals surface area (Å²) in [7, 11) is 0.124. The molecule has 0 aliphatic heterocycles. The van der Waals surface area contributed by atoms with E-state index in [1.807, 2.05) is 0 Å². The largest absolute Gasteiger partial charge is 0.478 e. The standard InChI is InChI=1S/C13H12ClFN2O3S/c1-7-10(12(14)17(2)16-7)6-21(20)8-3-4-11(15)9(5-8)13(18)19/h3-5H,6H2,1-2H3,(H,18,19). The van der Waals surface area contributed by atoms with Crippen molar-refractivity contribution in [3.8, 4) is 0 Å². The third-order valence-corrected chi connectivity index (χ3v) is 4.78. The van der Waals surface area contributed by atoms with Crippen LogP contribution in [0.5, 0.6) is 0 Å². The van der Waals surface area contributed by atoms with Crippen molar-refractivity contribution in [1.82, 2.24) is 9.78 Å². The monoisotopic (exact) mass is 330 g/mol. The molecule has 1 heterocycles. The molecule has 8 heteroatoms. The Labute approximate surface area is 127 Å². The van der Waals surface area contributed by atoms with E-state index in [1.54, 1.807) is 14.0 Å². The normalized spacial score (nSPS) is 12.4. The highest BCUT2D eigenvalue weighted by Crippen LogP contribution is 2.23. The molecule has 0 aliphatic carbocycles. The molecular weight excluding hydrogens is 319 g/mol. The van der Waals surface area contributed by atoms with Gasteiger partial charge in [0.25, 0.3) is 0 Å². The quantitative estimate of drug-likeness (QED) is 0.935. The van der Waals surface area contributed by atoms with Gasteiger partial charge in [0.2, 0.25) is 0 Å².